The third-order valence-corrected chi connectivity index (χ3v) is 4.36. The van der Waals surface area contributed by atoms with E-state index in [2.05, 4.69) is 21.2 Å². The van der Waals surface area contributed by atoms with Crippen molar-refractivity contribution in [3.8, 4) is 0 Å². The second-order valence-electron chi connectivity index (χ2n) is 4.01. The van der Waals surface area contributed by atoms with Gasteiger partial charge in [0.2, 0.25) is 0 Å². The molecule has 2 heterocycles. The van der Waals surface area contributed by atoms with Gasteiger partial charge in [0.1, 0.15) is 0 Å². The van der Waals surface area contributed by atoms with Crippen molar-refractivity contribution in [3.63, 3.8) is 0 Å². The van der Waals surface area contributed by atoms with E-state index in [1.54, 1.807) is 11.3 Å². The van der Waals surface area contributed by atoms with Crippen molar-refractivity contribution in [2.24, 2.45) is 0 Å². The van der Waals surface area contributed by atoms with E-state index in [0.29, 0.717) is 26.3 Å². The molecular formula is C11H15BrN2O2S. The zero-order chi connectivity index (χ0) is 12.3. The van der Waals surface area contributed by atoms with Gasteiger partial charge in [-0.1, -0.05) is 0 Å². The predicted octanol–water partition coefficient (Wildman–Crippen LogP) is 2.44. The van der Waals surface area contributed by atoms with Crippen LogP contribution in [0.4, 0.5) is 4.79 Å². The summed E-state index contributed by atoms with van der Waals surface area (Å²) in [6, 6.07) is 2.16. The summed E-state index contributed by atoms with van der Waals surface area (Å²) in [5.41, 5.74) is 0. The fraction of sp³-hybridized carbons (Fsp3) is 0.545. The number of amides is 2. The van der Waals surface area contributed by atoms with Gasteiger partial charge in [-0.2, -0.15) is 0 Å². The number of carbonyl (C=O) groups excluding carboxylic acids is 1. The molecule has 0 radical (unpaired) electrons. The van der Waals surface area contributed by atoms with Crippen LogP contribution in [0, 0.1) is 0 Å². The molecule has 0 aromatic carbocycles. The van der Waals surface area contributed by atoms with Gasteiger partial charge in [0, 0.05) is 21.3 Å². The molecule has 1 N–H and O–H groups in total. The van der Waals surface area contributed by atoms with E-state index in [-0.39, 0.29) is 12.1 Å². The van der Waals surface area contributed by atoms with Gasteiger partial charge in [-0.3, -0.25) is 0 Å². The van der Waals surface area contributed by atoms with Crippen molar-refractivity contribution < 1.29 is 9.53 Å². The number of carbonyl (C=O) groups is 1. The second-order valence-corrected chi connectivity index (χ2v) is 5.92. The molecule has 1 atom stereocenters. The summed E-state index contributed by atoms with van der Waals surface area (Å²) in [5.74, 6) is 0. The summed E-state index contributed by atoms with van der Waals surface area (Å²) >= 11 is 5.03. The standard InChI is InChI=1S/C11H15BrN2O2S/c1-8-6-16-3-2-14(8)11(15)13-5-10-4-9(12)7-17-10/h4,7-8H,2-3,5-6H2,1H3,(H,13,15)/t8-/m1/s1. The summed E-state index contributed by atoms with van der Waals surface area (Å²) in [6.07, 6.45) is 0. The van der Waals surface area contributed by atoms with Gasteiger partial charge in [-0.25, -0.2) is 4.79 Å². The SMILES string of the molecule is C[C@@H]1COCCN1C(=O)NCc1cc(Br)cs1. The highest BCUT2D eigenvalue weighted by atomic mass is 79.9. The summed E-state index contributed by atoms with van der Waals surface area (Å²) in [4.78, 5) is 14.9. The van der Waals surface area contributed by atoms with Gasteiger partial charge in [0.15, 0.2) is 0 Å². The average Bonchev–Trinajstić information content (AvgIpc) is 2.73. The Labute approximate surface area is 113 Å². The van der Waals surface area contributed by atoms with E-state index < -0.39 is 0 Å². The van der Waals surface area contributed by atoms with Gasteiger partial charge in [0.05, 0.1) is 25.8 Å². The van der Waals surface area contributed by atoms with Crippen LogP contribution >= 0.6 is 27.3 Å². The second kappa shape index (κ2) is 5.84. The van der Waals surface area contributed by atoms with Crippen LogP contribution in [0.2, 0.25) is 0 Å². The van der Waals surface area contributed by atoms with E-state index in [1.807, 2.05) is 23.3 Å². The van der Waals surface area contributed by atoms with Gasteiger partial charge in [0.25, 0.3) is 0 Å². The molecule has 1 aromatic rings. The van der Waals surface area contributed by atoms with E-state index in [9.17, 15) is 4.79 Å². The predicted molar refractivity (Wildman–Crippen MR) is 71.2 cm³/mol. The fourth-order valence-electron chi connectivity index (χ4n) is 1.74. The number of rotatable bonds is 2. The topological polar surface area (TPSA) is 41.6 Å². The van der Waals surface area contributed by atoms with Crippen LogP contribution in [0.5, 0.6) is 0 Å². The molecule has 2 rings (SSSR count). The van der Waals surface area contributed by atoms with Crippen LogP contribution in [-0.2, 0) is 11.3 Å². The molecule has 0 spiro atoms. The Morgan fingerprint density at radius 3 is 3.24 bits per heavy atom. The number of thiophene rings is 1. The lowest BCUT2D eigenvalue weighted by Gasteiger charge is -2.33. The van der Waals surface area contributed by atoms with Crippen molar-refractivity contribution in [3.05, 3.63) is 20.8 Å². The first kappa shape index (κ1) is 12.9. The minimum absolute atomic E-state index is 0.00896. The molecule has 17 heavy (non-hydrogen) atoms. The van der Waals surface area contributed by atoms with Crippen LogP contribution in [0.3, 0.4) is 0 Å². The Morgan fingerprint density at radius 1 is 1.76 bits per heavy atom. The summed E-state index contributed by atoms with van der Waals surface area (Å²) in [6.45, 7) is 4.50. The molecular weight excluding hydrogens is 304 g/mol. The lowest BCUT2D eigenvalue weighted by Crippen LogP contribution is -2.51. The summed E-state index contributed by atoms with van der Waals surface area (Å²) < 4.78 is 6.36. The third kappa shape index (κ3) is 3.43. The maximum atomic E-state index is 11.9. The number of halogens is 1. The lowest BCUT2D eigenvalue weighted by atomic mass is 10.3. The molecule has 0 saturated carbocycles. The number of hydrogen-bond acceptors (Lipinski definition) is 3. The Hall–Kier alpha value is -0.590. The molecule has 0 unspecified atom stereocenters. The van der Waals surface area contributed by atoms with Gasteiger partial charge >= 0.3 is 6.03 Å². The van der Waals surface area contributed by atoms with E-state index in [0.717, 1.165) is 9.35 Å². The zero-order valence-corrected chi connectivity index (χ0v) is 12.0. The molecule has 6 heteroatoms. The number of morpholine rings is 1. The molecule has 2 amide bonds. The first-order valence-corrected chi connectivity index (χ1v) is 7.19. The van der Waals surface area contributed by atoms with Crippen molar-refractivity contribution in [2.45, 2.75) is 19.5 Å². The van der Waals surface area contributed by atoms with Crippen molar-refractivity contribution in [2.75, 3.05) is 19.8 Å². The highest BCUT2D eigenvalue weighted by Gasteiger charge is 2.23. The molecule has 4 nitrogen and oxygen atoms in total. The van der Waals surface area contributed by atoms with Crippen LogP contribution in [-0.4, -0.2) is 36.7 Å². The van der Waals surface area contributed by atoms with Gasteiger partial charge in [-0.05, 0) is 28.9 Å². The average molecular weight is 319 g/mol. The first-order chi connectivity index (χ1) is 8.16. The summed E-state index contributed by atoms with van der Waals surface area (Å²) in [5, 5.41) is 4.95. The number of nitrogens with zero attached hydrogens (tertiary/aromatic N) is 1. The van der Waals surface area contributed by atoms with Crippen molar-refractivity contribution >= 4 is 33.3 Å². The normalized spacial score (nSPS) is 20.4. The molecule has 0 bridgehead atoms. The largest absolute Gasteiger partial charge is 0.377 e. The maximum Gasteiger partial charge on any atom is 0.318 e. The highest BCUT2D eigenvalue weighted by Crippen LogP contribution is 2.19. The third-order valence-electron chi connectivity index (χ3n) is 2.66. The lowest BCUT2D eigenvalue weighted by molar-refractivity contribution is 0.0190. The highest BCUT2D eigenvalue weighted by molar-refractivity contribution is 9.10. The Balaban J connectivity index is 1.84. The maximum absolute atomic E-state index is 11.9. The van der Waals surface area contributed by atoms with Crippen molar-refractivity contribution in [1.82, 2.24) is 10.2 Å². The number of ether oxygens (including phenoxy) is 1. The fourth-order valence-corrected chi connectivity index (χ4v) is 3.13. The Kier molecular flexibility index (Phi) is 4.42. The molecule has 94 valence electrons. The molecule has 1 aromatic heterocycles. The van der Waals surface area contributed by atoms with E-state index in [4.69, 9.17) is 4.74 Å². The first-order valence-electron chi connectivity index (χ1n) is 5.52. The zero-order valence-electron chi connectivity index (χ0n) is 9.61. The van der Waals surface area contributed by atoms with Crippen molar-refractivity contribution in [1.29, 1.82) is 0 Å². The number of hydrogen-bond donors (Lipinski definition) is 1. The molecule has 1 aliphatic heterocycles. The van der Waals surface area contributed by atoms with Crippen LogP contribution < -0.4 is 5.32 Å². The van der Waals surface area contributed by atoms with E-state index >= 15 is 0 Å². The minimum atomic E-state index is -0.00896. The molecule has 1 saturated heterocycles. The smallest absolute Gasteiger partial charge is 0.318 e. The van der Waals surface area contributed by atoms with Crippen LogP contribution in [0.25, 0.3) is 0 Å². The molecule has 1 aliphatic rings. The number of nitrogens with one attached hydrogen (secondary N) is 1. The minimum Gasteiger partial charge on any atom is -0.377 e. The summed E-state index contributed by atoms with van der Waals surface area (Å²) in [7, 11) is 0. The Morgan fingerprint density at radius 2 is 2.59 bits per heavy atom. The Bertz CT molecular complexity index is 397. The van der Waals surface area contributed by atoms with Crippen LogP contribution in [0.15, 0.2) is 15.9 Å². The van der Waals surface area contributed by atoms with Gasteiger partial charge in [-0.15, -0.1) is 11.3 Å². The molecule has 0 aliphatic carbocycles. The van der Waals surface area contributed by atoms with Gasteiger partial charge < -0.3 is 15.0 Å². The monoisotopic (exact) mass is 318 g/mol. The molecule has 1 fully saturated rings. The van der Waals surface area contributed by atoms with E-state index in [1.165, 1.54) is 0 Å². The van der Waals surface area contributed by atoms with Crippen LogP contribution in [0.1, 0.15) is 11.8 Å². The quantitative estimate of drug-likeness (QED) is 0.910. The number of urea groups is 1.